The highest BCUT2D eigenvalue weighted by Crippen LogP contribution is 2.35. The zero-order valence-corrected chi connectivity index (χ0v) is 16.7. The number of anilines is 2. The highest BCUT2D eigenvalue weighted by atomic mass is 79.9. The highest BCUT2D eigenvalue weighted by molar-refractivity contribution is 9.10. The van der Waals surface area contributed by atoms with Crippen LogP contribution in [0, 0.1) is 11.7 Å². The number of rotatable bonds is 6. The maximum atomic E-state index is 14.5. The summed E-state index contributed by atoms with van der Waals surface area (Å²) in [6.45, 7) is -11.8. The predicted octanol–water partition coefficient (Wildman–Crippen LogP) is 5.00. The quantitative estimate of drug-likeness (QED) is 0.526. The first-order valence-corrected chi connectivity index (χ1v) is 9.33. The van der Waals surface area contributed by atoms with Crippen LogP contribution >= 0.6 is 15.9 Å². The minimum absolute atomic E-state index is 0.0169. The standard InChI is InChI=1S/C22H24BrFN4O2/c1-28-7-5-14(6-8-28)12-30-21-11-19-16(10-20(21)29-2)22(26-13-25-19)27-18-4-3-15(23)9-17(18)24/h3-4,9-11,13-14H,5-8,12H2,1-2H3,(H,25,26,27)/i1D3,2D3,5D2,6D2,7D2,8D2. The molecule has 1 aromatic heterocycles. The van der Waals surface area contributed by atoms with Crippen molar-refractivity contribution in [2.24, 2.45) is 5.92 Å². The largest absolute Gasteiger partial charge is 0.493 e. The smallest absolute Gasteiger partial charge is 0.163 e. The van der Waals surface area contributed by atoms with Gasteiger partial charge in [0.25, 0.3) is 0 Å². The van der Waals surface area contributed by atoms with E-state index in [0.29, 0.717) is 4.47 Å². The minimum atomic E-state index is -3.57. The van der Waals surface area contributed by atoms with Crippen molar-refractivity contribution in [2.45, 2.75) is 12.7 Å². The topological polar surface area (TPSA) is 59.5 Å². The zero-order valence-electron chi connectivity index (χ0n) is 29.2. The van der Waals surface area contributed by atoms with Gasteiger partial charge in [-0.3, -0.25) is 0 Å². The van der Waals surface area contributed by atoms with Crippen LogP contribution in [-0.4, -0.2) is 48.5 Å². The van der Waals surface area contributed by atoms with E-state index in [-0.39, 0.29) is 22.4 Å². The third-order valence-electron chi connectivity index (χ3n) is 4.10. The van der Waals surface area contributed by atoms with Gasteiger partial charge in [0.1, 0.15) is 18.0 Å². The van der Waals surface area contributed by atoms with Gasteiger partial charge in [-0.1, -0.05) is 15.9 Å². The van der Waals surface area contributed by atoms with Crippen LogP contribution in [0.3, 0.4) is 0 Å². The molecule has 4 rings (SSSR count). The summed E-state index contributed by atoms with van der Waals surface area (Å²) in [6.07, 6.45) is -5.61. The second kappa shape index (κ2) is 9.14. The van der Waals surface area contributed by atoms with Gasteiger partial charge in [0.05, 0.1) is 29.0 Å². The summed E-state index contributed by atoms with van der Waals surface area (Å²) in [5.41, 5.74) is 0.102. The number of likely N-dealkylation sites (tertiary alicyclic amines) is 1. The number of hydrogen-bond donors (Lipinski definition) is 1. The number of fused-ring (bicyclic) bond motifs is 1. The summed E-state index contributed by atoms with van der Waals surface area (Å²) < 4.78 is 138. The van der Waals surface area contributed by atoms with Crippen LogP contribution in [0.4, 0.5) is 15.9 Å². The van der Waals surface area contributed by atoms with E-state index in [2.05, 4.69) is 31.2 Å². The lowest BCUT2D eigenvalue weighted by Crippen LogP contribution is -2.32. The van der Waals surface area contributed by atoms with Crippen molar-refractivity contribution >= 4 is 38.3 Å². The van der Waals surface area contributed by atoms with Gasteiger partial charge in [0.15, 0.2) is 11.5 Å². The van der Waals surface area contributed by atoms with Gasteiger partial charge >= 0.3 is 0 Å². The fourth-order valence-corrected chi connectivity index (χ4v) is 3.01. The molecule has 0 saturated carbocycles. The molecule has 30 heavy (non-hydrogen) atoms. The Kier molecular flexibility index (Phi) is 2.98. The van der Waals surface area contributed by atoms with Crippen molar-refractivity contribution in [1.82, 2.24) is 14.9 Å². The Morgan fingerprint density at radius 1 is 1.27 bits per heavy atom. The number of nitrogens with zero attached hydrogens (tertiary/aromatic N) is 3. The molecule has 8 heteroatoms. The molecule has 2 heterocycles. The highest BCUT2D eigenvalue weighted by Gasteiger charge is 2.19. The second-order valence-corrected chi connectivity index (χ2v) is 7.02. The maximum Gasteiger partial charge on any atom is 0.163 e. The Balaban J connectivity index is 1.77. The third kappa shape index (κ3) is 4.65. The van der Waals surface area contributed by atoms with Gasteiger partial charge in [0.2, 0.25) is 0 Å². The van der Waals surface area contributed by atoms with E-state index in [1.165, 1.54) is 12.1 Å². The van der Waals surface area contributed by atoms with Crippen LogP contribution in [0.25, 0.3) is 10.9 Å². The number of ether oxygens (including phenoxy) is 2. The van der Waals surface area contributed by atoms with Crippen molar-refractivity contribution in [3.05, 3.63) is 46.9 Å². The van der Waals surface area contributed by atoms with Gasteiger partial charge in [-0.2, -0.15) is 0 Å². The van der Waals surface area contributed by atoms with Crippen LogP contribution in [0.5, 0.6) is 11.5 Å². The Bertz CT molecular complexity index is 1540. The summed E-state index contributed by atoms with van der Waals surface area (Å²) in [5, 5.41) is 2.90. The van der Waals surface area contributed by atoms with E-state index in [9.17, 15) is 4.39 Å². The molecule has 3 aromatic rings. The number of benzene rings is 2. The van der Waals surface area contributed by atoms with Crippen LogP contribution in [0.2, 0.25) is 0 Å². The monoisotopic (exact) mass is 488 g/mol. The van der Waals surface area contributed by atoms with Gasteiger partial charge < -0.3 is 19.7 Å². The van der Waals surface area contributed by atoms with Crippen LogP contribution in [0.1, 0.15) is 31.9 Å². The molecule has 1 aliphatic heterocycles. The van der Waals surface area contributed by atoms with E-state index < -0.39 is 74.5 Å². The number of aromatic nitrogens is 2. The lowest BCUT2D eigenvalue weighted by molar-refractivity contribution is 0.157. The third-order valence-corrected chi connectivity index (χ3v) is 4.59. The average molecular weight is 489 g/mol. The van der Waals surface area contributed by atoms with Gasteiger partial charge in [-0.15, -0.1) is 0 Å². The number of piperidine rings is 1. The fourth-order valence-electron chi connectivity index (χ4n) is 2.68. The van der Waals surface area contributed by atoms with Crippen LogP contribution in [-0.2, 0) is 0 Å². The molecule has 0 bridgehead atoms. The molecule has 158 valence electrons. The molecule has 0 atom stereocenters. The molecule has 0 amide bonds. The zero-order chi connectivity index (χ0) is 33.3. The van der Waals surface area contributed by atoms with Crippen molar-refractivity contribution in [1.29, 1.82) is 0 Å². The van der Waals surface area contributed by atoms with Gasteiger partial charge in [0, 0.05) is 31.0 Å². The maximum absolute atomic E-state index is 14.5. The number of hydrogen-bond acceptors (Lipinski definition) is 6. The Hall–Kier alpha value is -2.45. The molecule has 1 N–H and O–H groups in total. The van der Waals surface area contributed by atoms with Crippen molar-refractivity contribution < 1.29 is 33.1 Å². The molecular weight excluding hydrogens is 451 g/mol. The van der Waals surface area contributed by atoms with Gasteiger partial charge in [-0.25, -0.2) is 14.4 Å². The first kappa shape index (κ1) is 9.78. The van der Waals surface area contributed by atoms with Crippen molar-refractivity contribution in [3.8, 4) is 11.5 Å². The molecule has 6 nitrogen and oxygen atoms in total. The Morgan fingerprint density at radius 3 is 2.90 bits per heavy atom. The summed E-state index contributed by atoms with van der Waals surface area (Å²) in [5.74, 6) is -3.78. The predicted molar refractivity (Wildman–Crippen MR) is 119 cm³/mol. The average Bonchev–Trinajstić information content (AvgIpc) is 2.83. The SMILES string of the molecule is [2H]C([2H])([2H])Oc1cc2c(Nc3ccc(Br)cc3F)ncnc2cc1OCC1C([2H])([2H])C([2H])([2H])N(C([2H])([2H])[2H])C([2H])([2H])C1([2H])[2H]. The molecule has 1 aliphatic rings. The van der Waals surface area contributed by atoms with E-state index in [1.807, 2.05) is 0 Å². The lowest BCUT2D eigenvalue weighted by atomic mass is 9.98. The molecule has 0 aliphatic carbocycles. The first-order chi connectivity index (χ1) is 19.9. The van der Waals surface area contributed by atoms with Crippen LogP contribution < -0.4 is 14.8 Å². The molecule has 1 fully saturated rings. The van der Waals surface area contributed by atoms with E-state index >= 15 is 0 Å². The second-order valence-electron chi connectivity index (χ2n) is 6.10. The summed E-state index contributed by atoms with van der Waals surface area (Å²) >= 11 is 3.16. The Morgan fingerprint density at radius 2 is 2.13 bits per heavy atom. The lowest BCUT2D eigenvalue weighted by Gasteiger charge is -2.28. The number of halogens is 2. The molecule has 2 aromatic carbocycles. The number of methoxy groups -OCH3 is 1. The molecule has 1 saturated heterocycles. The normalized spacial score (nSPS) is 29.8. The van der Waals surface area contributed by atoms with E-state index in [4.69, 9.17) is 28.7 Å². The minimum Gasteiger partial charge on any atom is -0.493 e. The van der Waals surface area contributed by atoms with Crippen LogP contribution in [0.15, 0.2) is 41.1 Å². The molecule has 0 spiro atoms. The summed E-state index contributed by atoms with van der Waals surface area (Å²) in [7, 11) is -3.06. The molecule has 0 unspecified atom stereocenters. The van der Waals surface area contributed by atoms with Crippen molar-refractivity contribution in [2.75, 3.05) is 38.9 Å². The van der Waals surface area contributed by atoms with E-state index in [1.54, 1.807) is 6.07 Å². The number of nitrogens with one attached hydrogen (secondary N) is 1. The Labute approximate surface area is 203 Å². The summed E-state index contributed by atoms with van der Waals surface area (Å²) in [6, 6.07) is 6.46. The van der Waals surface area contributed by atoms with Gasteiger partial charge in [-0.05, 0) is 62.9 Å². The molecular formula is C22H24BrFN4O2. The summed E-state index contributed by atoms with van der Waals surface area (Å²) in [4.78, 5) is 7.72. The fraction of sp³-hybridized carbons (Fsp3) is 0.364. The first-order valence-electron chi connectivity index (χ1n) is 15.5. The molecule has 0 radical (unpaired) electrons. The van der Waals surface area contributed by atoms with Crippen molar-refractivity contribution in [3.63, 3.8) is 0 Å². The van der Waals surface area contributed by atoms with E-state index in [0.717, 1.165) is 18.5 Å².